The molecule has 40 heavy (non-hydrogen) atoms. The number of esters is 1. The zero-order valence-electron chi connectivity index (χ0n) is 24.9. The highest BCUT2D eigenvalue weighted by molar-refractivity contribution is 5.92. The monoisotopic (exact) mass is 608 g/mol. The van der Waals surface area contributed by atoms with Gasteiger partial charge in [-0.05, 0) is 52.1 Å². The van der Waals surface area contributed by atoms with Crippen LogP contribution in [0.3, 0.4) is 0 Å². The Morgan fingerprint density at radius 1 is 1.12 bits per heavy atom. The Hall–Kier alpha value is -0.780. The van der Waals surface area contributed by atoms with Gasteiger partial charge < -0.3 is 34.6 Å². The van der Waals surface area contributed by atoms with E-state index in [1.54, 1.807) is 13.8 Å². The van der Waals surface area contributed by atoms with Gasteiger partial charge in [0.05, 0.1) is 17.8 Å². The summed E-state index contributed by atoms with van der Waals surface area (Å²) in [7, 11) is 2.10. The van der Waals surface area contributed by atoms with Crippen LogP contribution in [0.4, 0.5) is 0 Å². The van der Waals surface area contributed by atoms with Gasteiger partial charge in [0.25, 0.3) is 0 Å². The van der Waals surface area contributed by atoms with Crippen LogP contribution in [0.25, 0.3) is 0 Å². The molecule has 0 aromatic rings. The molecular formula is C29H50Cl2N2O7. The number of likely N-dealkylation sites (N-methyl/N-ethyl adjacent to an activating group) is 1. The van der Waals surface area contributed by atoms with Crippen LogP contribution in [0.5, 0.6) is 0 Å². The minimum absolute atomic E-state index is 0. The van der Waals surface area contributed by atoms with Crippen molar-refractivity contribution in [3.05, 3.63) is 12.7 Å². The van der Waals surface area contributed by atoms with Crippen LogP contribution in [0.2, 0.25) is 0 Å². The summed E-state index contributed by atoms with van der Waals surface area (Å²) < 4.78 is 12.4. The Kier molecular flexibility index (Phi) is 10.7. The average molecular weight is 610 g/mol. The van der Waals surface area contributed by atoms with E-state index in [0.29, 0.717) is 19.3 Å². The van der Waals surface area contributed by atoms with E-state index in [1.807, 2.05) is 13.8 Å². The van der Waals surface area contributed by atoms with Crippen molar-refractivity contribution in [2.45, 2.75) is 102 Å². The topological polar surface area (TPSA) is 120 Å². The van der Waals surface area contributed by atoms with E-state index in [1.165, 1.54) is 13.0 Å². The maximum absolute atomic E-state index is 13.9. The summed E-state index contributed by atoms with van der Waals surface area (Å²) in [6.45, 7) is 17.3. The van der Waals surface area contributed by atoms with E-state index >= 15 is 0 Å². The van der Waals surface area contributed by atoms with Gasteiger partial charge in [-0.3, -0.25) is 9.59 Å². The standard InChI is InChI=1S/C29H48N2O7.2ClH/c1-8-26(4)18-20(33)29(36)27(5)19(32)11-12-25(2,3)23(27)22(35)24(28(29,6)38-26)37-21(34)10-9-13-31-16-14-30(7)15-17-31;;/h8,19,22-24,32,35-36H,1,9-18H2,2-7H3;2*1H/t19-,22-,23-,24-,26-,27-,28+,29-;;/m0../s1. The molecule has 11 heteroatoms. The third-order valence-electron chi connectivity index (χ3n) is 10.4. The first kappa shape index (κ1) is 35.4. The summed E-state index contributed by atoms with van der Waals surface area (Å²) in [6.07, 6.45) is -0.567. The lowest BCUT2D eigenvalue weighted by atomic mass is 9.40. The van der Waals surface area contributed by atoms with Crippen LogP contribution < -0.4 is 0 Å². The van der Waals surface area contributed by atoms with Gasteiger partial charge in [-0.25, -0.2) is 0 Å². The largest absolute Gasteiger partial charge is 0.456 e. The number of carbonyl (C=O) groups excluding carboxylic acids is 2. The summed E-state index contributed by atoms with van der Waals surface area (Å²) in [4.78, 5) is 31.7. The second kappa shape index (κ2) is 12.1. The molecule has 4 rings (SSSR count). The Labute approximate surface area is 251 Å². The number of carbonyl (C=O) groups is 2. The number of aliphatic hydroxyl groups excluding tert-OH is 2. The molecule has 0 aromatic carbocycles. The SMILES string of the molecule is C=C[C@@]1(C)CC(=O)[C@]2(O)[C@@]3(C)[C@@H](O)CCC(C)(C)[C@@H]3[C@H](O)[C@H](OC(=O)CCCN3CCN(C)CC3)[C@@]2(C)O1.Cl.Cl. The molecule has 2 aliphatic heterocycles. The smallest absolute Gasteiger partial charge is 0.306 e. The van der Waals surface area contributed by atoms with Crippen LogP contribution >= 0.6 is 24.8 Å². The molecule has 0 unspecified atom stereocenters. The van der Waals surface area contributed by atoms with Crippen molar-refractivity contribution in [1.82, 2.24) is 9.80 Å². The number of ether oxygens (including phenoxy) is 2. The predicted octanol–water partition coefficient (Wildman–Crippen LogP) is 2.37. The van der Waals surface area contributed by atoms with Gasteiger partial charge >= 0.3 is 5.97 Å². The molecule has 2 aliphatic carbocycles. The minimum Gasteiger partial charge on any atom is -0.456 e. The fraction of sp³-hybridized carbons (Fsp3) is 0.862. The molecule has 2 heterocycles. The molecule has 3 N–H and O–H groups in total. The highest BCUT2D eigenvalue weighted by Gasteiger charge is 2.81. The second-order valence-corrected chi connectivity index (χ2v) is 13.5. The van der Waals surface area contributed by atoms with Crippen molar-refractivity contribution in [3.63, 3.8) is 0 Å². The minimum atomic E-state index is -2.20. The van der Waals surface area contributed by atoms with Gasteiger partial charge in [-0.15, -0.1) is 31.4 Å². The van der Waals surface area contributed by atoms with Crippen molar-refractivity contribution >= 4 is 36.6 Å². The molecule has 2 saturated heterocycles. The molecule has 2 saturated carbocycles. The zero-order chi connectivity index (χ0) is 28.3. The fourth-order valence-corrected chi connectivity index (χ4v) is 8.20. The number of fused-ring (bicyclic) bond motifs is 3. The molecule has 0 aromatic heterocycles. The summed E-state index contributed by atoms with van der Waals surface area (Å²) in [6, 6.07) is 0. The van der Waals surface area contributed by atoms with E-state index in [4.69, 9.17) is 9.47 Å². The third-order valence-corrected chi connectivity index (χ3v) is 10.4. The third kappa shape index (κ3) is 5.39. The quantitative estimate of drug-likeness (QED) is 0.308. The van der Waals surface area contributed by atoms with Crippen LogP contribution in [-0.4, -0.2) is 112 Å². The number of Topliss-reactive ketones (excluding diaryl/α,β-unsaturated/α-hetero) is 1. The molecule has 0 radical (unpaired) electrons. The Morgan fingerprint density at radius 3 is 2.30 bits per heavy atom. The zero-order valence-corrected chi connectivity index (χ0v) is 26.5. The second-order valence-electron chi connectivity index (χ2n) is 13.5. The number of rotatable bonds is 6. The Balaban J connectivity index is 0.00000280. The van der Waals surface area contributed by atoms with Crippen LogP contribution in [0.1, 0.15) is 66.7 Å². The molecule has 9 nitrogen and oxygen atoms in total. The van der Waals surface area contributed by atoms with Gasteiger partial charge in [-0.2, -0.15) is 0 Å². The molecule has 0 bridgehead atoms. The molecule has 232 valence electrons. The first-order chi connectivity index (χ1) is 17.6. The fourth-order valence-electron chi connectivity index (χ4n) is 8.20. The number of halogens is 2. The van der Waals surface area contributed by atoms with Gasteiger partial charge in [0, 0.05) is 50.4 Å². The number of hydrogen-bond donors (Lipinski definition) is 3. The Bertz CT molecular complexity index is 961. The highest BCUT2D eigenvalue weighted by Crippen LogP contribution is 2.67. The van der Waals surface area contributed by atoms with E-state index in [-0.39, 0.29) is 37.7 Å². The predicted molar refractivity (Wildman–Crippen MR) is 157 cm³/mol. The maximum atomic E-state index is 13.9. The van der Waals surface area contributed by atoms with E-state index in [2.05, 4.69) is 23.4 Å². The molecule has 4 aliphatic rings. The van der Waals surface area contributed by atoms with E-state index < -0.39 is 63.6 Å². The molecule has 8 atom stereocenters. The van der Waals surface area contributed by atoms with Gasteiger partial charge in [-0.1, -0.05) is 26.8 Å². The number of ketones is 1. The van der Waals surface area contributed by atoms with Crippen LogP contribution in [0, 0.1) is 16.7 Å². The van der Waals surface area contributed by atoms with Gasteiger partial charge in [0.15, 0.2) is 17.5 Å². The lowest BCUT2D eigenvalue weighted by molar-refractivity contribution is -0.370. The van der Waals surface area contributed by atoms with E-state index in [9.17, 15) is 24.9 Å². The lowest BCUT2D eigenvalue weighted by Crippen LogP contribution is -2.86. The molecule has 0 amide bonds. The number of piperazine rings is 1. The first-order valence-electron chi connectivity index (χ1n) is 14.1. The van der Waals surface area contributed by atoms with Crippen molar-refractivity contribution < 1.29 is 34.4 Å². The summed E-state index contributed by atoms with van der Waals surface area (Å²) >= 11 is 0. The van der Waals surface area contributed by atoms with Crippen LogP contribution in [-0.2, 0) is 19.1 Å². The van der Waals surface area contributed by atoms with Crippen molar-refractivity contribution in [3.8, 4) is 0 Å². The number of aliphatic hydroxyl groups is 3. The Morgan fingerprint density at radius 2 is 1.73 bits per heavy atom. The van der Waals surface area contributed by atoms with Gasteiger partial charge in [0.2, 0.25) is 0 Å². The molecular weight excluding hydrogens is 559 g/mol. The summed E-state index contributed by atoms with van der Waals surface area (Å²) in [5.41, 5.74) is -7.11. The van der Waals surface area contributed by atoms with Crippen LogP contribution in [0.15, 0.2) is 12.7 Å². The van der Waals surface area contributed by atoms with E-state index in [0.717, 1.165) is 32.7 Å². The summed E-state index contributed by atoms with van der Waals surface area (Å²) in [5, 5.41) is 35.7. The highest BCUT2D eigenvalue weighted by atomic mass is 35.5. The number of nitrogens with zero attached hydrogens (tertiary/aromatic N) is 2. The molecule has 4 fully saturated rings. The van der Waals surface area contributed by atoms with Crippen molar-refractivity contribution in [2.24, 2.45) is 16.7 Å². The lowest BCUT2D eigenvalue weighted by Gasteiger charge is -2.71. The van der Waals surface area contributed by atoms with Crippen molar-refractivity contribution in [1.29, 1.82) is 0 Å². The average Bonchev–Trinajstić information content (AvgIpc) is 2.83. The normalized spacial score (nSPS) is 43.4. The molecule has 0 spiro atoms. The van der Waals surface area contributed by atoms with Gasteiger partial charge in [0.1, 0.15) is 5.60 Å². The first-order valence-corrected chi connectivity index (χ1v) is 14.1. The summed E-state index contributed by atoms with van der Waals surface area (Å²) in [5.74, 6) is -1.73. The number of hydrogen-bond acceptors (Lipinski definition) is 9. The van der Waals surface area contributed by atoms with Crippen molar-refractivity contribution in [2.75, 3.05) is 39.8 Å². The maximum Gasteiger partial charge on any atom is 0.306 e.